The average molecular weight is 269 g/mol. The Morgan fingerprint density at radius 2 is 1.93 bits per heavy atom. The largest absolute Gasteiger partial charge is 0.374 e. The van der Waals surface area contributed by atoms with Crippen molar-refractivity contribution in [1.29, 1.82) is 0 Å². The number of rotatable bonds is 1. The van der Waals surface area contributed by atoms with E-state index in [1.165, 1.54) is 5.56 Å². The van der Waals surface area contributed by atoms with Crippen LogP contribution in [-0.2, 0) is 4.74 Å². The lowest BCUT2D eigenvalue weighted by Gasteiger charge is -2.39. The molecule has 1 aromatic carbocycles. The summed E-state index contributed by atoms with van der Waals surface area (Å²) in [5.74, 6) is 0.531. The molecule has 0 amide bonds. The normalized spacial score (nSPS) is 30.1. The highest BCUT2D eigenvalue weighted by Gasteiger charge is 2.36. The van der Waals surface area contributed by atoms with Gasteiger partial charge in [0, 0.05) is 10.7 Å². The molecule has 1 aliphatic rings. The highest BCUT2D eigenvalue weighted by Crippen LogP contribution is 2.37. The van der Waals surface area contributed by atoms with Crippen LogP contribution in [0.1, 0.15) is 31.7 Å². The number of ether oxygens (including phenoxy) is 1. The molecule has 15 heavy (non-hydrogen) atoms. The van der Waals surface area contributed by atoms with Crippen molar-refractivity contribution in [3.63, 3.8) is 0 Å². The second-order valence-corrected chi connectivity index (χ2v) is 5.83. The van der Waals surface area contributed by atoms with Crippen LogP contribution in [0.15, 0.2) is 30.3 Å². The summed E-state index contributed by atoms with van der Waals surface area (Å²) in [5.41, 5.74) is 1.35. The van der Waals surface area contributed by atoms with Gasteiger partial charge < -0.3 is 4.74 Å². The summed E-state index contributed by atoms with van der Waals surface area (Å²) in [4.78, 5) is 0.434. The summed E-state index contributed by atoms with van der Waals surface area (Å²) in [6.07, 6.45) is 1.15. The van der Waals surface area contributed by atoms with Crippen LogP contribution in [0.3, 0.4) is 0 Å². The molecule has 1 heterocycles. The van der Waals surface area contributed by atoms with Crippen LogP contribution < -0.4 is 0 Å². The summed E-state index contributed by atoms with van der Waals surface area (Å²) < 4.78 is 5.90. The van der Waals surface area contributed by atoms with Gasteiger partial charge in [-0.3, -0.25) is 0 Å². The van der Waals surface area contributed by atoms with Gasteiger partial charge in [0.1, 0.15) is 0 Å². The minimum absolute atomic E-state index is 0.0364. The van der Waals surface area contributed by atoms with Crippen LogP contribution in [0.4, 0.5) is 0 Å². The number of benzene rings is 1. The molecule has 2 atom stereocenters. The molecule has 0 radical (unpaired) electrons. The zero-order valence-electron chi connectivity index (χ0n) is 9.24. The van der Waals surface area contributed by atoms with Crippen molar-refractivity contribution >= 4 is 15.9 Å². The molecular weight excluding hydrogens is 252 g/mol. The van der Waals surface area contributed by atoms with E-state index < -0.39 is 0 Å². The molecule has 0 N–H and O–H groups in total. The maximum absolute atomic E-state index is 5.90. The lowest BCUT2D eigenvalue weighted by molar-refractivity contribution is -0.0539. The number of alkyl halides is 1. The number of hydrogen-bond donors (Lipinski definition) is 0. The second kappa shape index (κ2) is 4.26. The topological polar surface area (TPSA) is 9.23 Å². The third-order valence-corrected chi connectivity index (χ3v) is 4.65. The van der Waals surface area contributed by atoms with Gasteiger partial charge in [-0.2, -0.15) is 0 Å². The highest BCUT2D eigenvalue weighted by atomic mass is 79.9. The molecule has 1 saturated heterocycles. The Kier molecular flexibility index (Phi) is 3.17. The van der Waals surface area contributed by atoms with Crippen molar-refractivity contribution in [1.82, 2.24) is 0 Å². The van der Waals surface area contributed by atoms with Crippen LogP contribution in [0.5, 0.6) is 0 Å². The Labute approximate surface area is 100.0 Å². The molecule has 1 aliphatic heterocycles. The SMILES string of the molecule is CC1(C)OC[C@@H](c2ccccc2)C[C@H]1Br. The van der Waals surface area contributed by atoms with E-state index in [0.717, 1.165) is 13.0 Å². The predicted octanol–water partition coefficient (Wildman–Crippen LogP) is 3.73. The lowest BCUT2D eigenvalue weighted by atomic mass is 9.87. The van der Waals surface area contributed by atoms with Gasteiger partial charge in [0.05, 0.1) is 12.2 Å². The van der Waals surface area contributed by atoms with Gasteiger partial charge >= 0.3 is 0 Å². The first-order chi connectivity index (χ1) is 7.09. The lowest BCUT2D eigenvalue weighted by Crippen LogP contribution is -2.42. The molecule has 0 unspecified atom stereocenters. The zero-order chi connectivity index (χ0) is 10.9. The second-order valence-electron chi connectivity index (χ2n) is 4.73. The third-order valence-electron chi connectivity index (χ3n) is 3.17. The van der Waals surface area contributed by atoms with Crippen molar-refractivity contribution in [2.24, 2.45) is 0 Å². The average Bonchev–Trinajstić information content (AvgIpc) is 2.23. The fourth-order valence-electron chi connectivity index (χ4n) is 1.96. The van der Waals surface area contributed by atoms with Crippen LogP contribution in [0.2, 0.25) is 0 Å². The fourth-order valence-corrected chi connectivity index (χ4v) is 2.55. The fraction of sp³-hybridized carbons (Fsp3) is 0.538. The summed E-state index contributed by atoms with van der Waals surface area (Å²) >= 11 is 3.72. The number of hydrogen-bond acceptors (Lipinski definition) is 1. The minimum Gasteiger partial charge on any atom is -0.374 e. The third kappa shape index (κ3) is 2.43. The van der Waals surface area contributed by atoms with Crippen LogP contribution in [-0.4, -0.2) is 17.0 Å². The van der Waals surface area contributed by atoms with Gasteiger partial charge in [0.2, 0.25) is 0 Å². The van der Waals surface area contributed by atoms with Crippen LogP contribution in [0.25, 0.3) is 0 Å². The number of halogens is 1. The van der Waals surface area contributed by atoms with Crippen molar-refractivity contribution in [3.8, 4) is 0 Å². The van der Waals surface area contributed by atoms with Crippen LogP contribution in [0, 0.1) is 0 Å². The van der Waals surface area contributed by atoms with E-state index in [4.69, 9.17) is 4.74 Å². The van der Waals surface area contributed by atoms with Gasteiger partial charge in [0.15, 0.2) is 0 Å². The molecule has 1 aromatic rings. The van der Waals surface area contributed by atoms with Crippen molar-refractivity contribution < 1.29 is 4.74 Å². The maximum atomic E-state index is 5.90. The van der Waals surface area contributed by atoms with Gasteiger partial charge in [0.25, 0.3) is 0 Å². The molecule has 1 nitrogen and oxygen atoms in total. The molecule has 0 aliphatic carbocycles. The van der Waals surface area contributed by atoms with Gasteiger partial charge in [-0.15, -0.1) is 0 Å². The van der Waals surface area contributed by atoms with Crippen LogP contribution >= 0.6 is 15.9 Å². The standard InChI is InChI=1S/C13H17BrO/c1-13(2)12(14)8-11(9-15-13)10-6-4-3-5-7-10/h3-7,11-12H,8-9H2,1-2H3/t11-,12+/m0/s1. The Balaban J connectivity index is 2.10. The highest BCUT2D eigenvalue weighted by molar-refractivity contribution is 9.09. The van der Waals surface area contributed by atoms with Crippen molar-refractivity contribution in [2.75, 3.05) is 6.61 Å². The van der Waals surface area contributed by atoms with Gasteiger partial charge in [-0.05, 0) is 25.8 Å². The molecule has 2 rings (SSSR count). The summed E-state index contributed by atoms with van der Waals surface area (Å²) in [5, 5.41) is 0. The predicted molar refractivity (Wildman–Crippen MR) is 66.5 cm³/mol. The smallest absolute Gasteiger partial charge is 0.0751 e. The summed E-state index contributed by atoms with van der Waals surface area (Å²) in [6.45, 7) is 5.13. The Morgan fingerprint density at radius 3 is 2.53 bits per heavy atom. The molecule has 2 heteroatoms. The molecule has 1 fully saturated rings. The summed E-state index contributed by atoms with van der Waals surface area (Å²) in [7, 11) is 0. The van der Waals surface area contributed by atoms with E-state index in [9.17, 15) is 0 Å². The molecule has 0 spiro atoms. The maximum Gasteiger partial charge on any atom is 0.0751 e. The van der Waals surface area contributed by atoms with Crippen molar-refractivity contribution in [3.05, 3.63) is 35.9 Å². The first kappa shape index (κ1) is 11.2. The van der Waals surface area contributed by atoms with Gasteiger partial charge in [-0.25, -0.2) is 0 Å². The Morgan fingerprint density at radius 1 is 1.27 bits per heavy atom. The molecule has 0 bridgehead atoms. The van der Waals surface area contributed by atoms with Crippen molar-refractivity contribution in [2.45, 2.75) is 36.6 Å². The summed E-state index contributed by atoms with van der Waals surface area (Å²) in [6, 6.07) is 10.6. The van der Waals surface area contributed by atoms with E-state index in [-0.39, 0.29) is 5.60 Å². The zero-order valence-corrected chi connectivity index (χ0v) is 10.8. The first-order valence-electron chi connectivity index (χ1n) is 5.42. The van der Waals surface area contributed by atoms with E-state index in [1.807, 2.05) is 0 Å². The first-order valence-corrected chi connectivity index (χ1v) is 6.34. The molecule has 0 saturated carbocycles. The molecular formula is C13H17BrO. The molecule has 82 valence electrons. The van der Waals surface area contributed by atoms with E-state index in [1.54, 1.807) is 0 Å². The quantitative estimate of drug-likeness (QED) is 0.706. The van der Waals surface area contributed by atoms with Gasteiger partial charge in [-0.1, -0.05) is 46.3 Å². The molecule has 0 aromatic heterocycles. The minimum atomic E-state index is -0.0364. The van der Waals surface area contributed by atoms with E-state index in [2.05, 4.69) is 60.1 Å². The van der Waals surface area contributed by atoms with E-state index in [0.29, 0.717) is 10.7 Å². The monoisotopic (exact) mass is 268 g/mol. The Hall–Kier alpha value is -0.340. The van der Waals surface area contributed by atoms with E-state index >= 15 is 0 Å². The Bertz CT molecular complexity index is 321.